The Balaban J connectivity index is 1.78. The summed E-state index contributed by atoms with van der Waals surface area (Å²) in [7, 11) is 0. The molecule has 3 nitrogen and oxygen atoms in total. The van der Waals surface area contributed by atoms with Crippen LogP contribution in [0.3, 0.4) is 0 Å². The van der Waals surface area contributed by atoms with Gasteiger partial charge in [0.15, 0.2) is 11.5 Å². The third-order valence-corrected chi connectivity index (χ3v) is 4.59. The van der Waals surface area contributed by atoms with E-state index in [1.165, 1.54) is 0 Å². The minimum Gasteiger partial charge on any atom is -0.486 e. The molecule has 1 aromatic carbocycles. The molecule has 2 atom stereocenters. The first-order valence-electron chi connectivity index (χ1n) is 6.59. The van der Waals surface area contributed by atoms with E-state index in [0.29, 0.717) is 13.2 Å². The first kappa shape index (κ1) is 13.5. The zero-order valence-electron chi connectivity index (χ0n) is 10.5. The Morgan fingerprint density at radius 1 is 1.21 bits per heavy atom. The van der Waals surface area contributed by atoms with Gasteiger partial charge in [-0.25, -0.2) is 0 Å². The second-order valence-corrected chi connectivity index (χ2v) is 6.24. The molecule has 0 aliphatic carbocycles. The van der Waals surface area contributed by atoms with E-state index in [2.05, 4.69) is 15.9 Å². The maximum atomic E-state index is 6.53. The number of halogens is 2. The normalized spacial score (nSPS) is 23.4. The molecule has 2 heterocycles. The average molecular weight is 348 g/mol. The summed E-state index contributed by atoms with van der Waals surface area (Å²) in [5.41, 5.74) is 1.04. The molecule has 0 amide bonds. The van der Waals surface area contributed by atoms with Crippen molar-refractivity contribution in [3.8, 4) is 11.5 Å². The number of hydrogen-bond acceptors (Lipinski definition) is 3. The standard InChI is InChI=1S/C14H16BrClO3/c15-11-8-14-13(18-4-5-19-14)7-10(11)12(16)6-9-2-1-3-17-9/h7-9,12H,1-6H2. The van der Waals surface area contributed by atoms with Gasteiger partial charge in [-0.15, -0.1) is 11.6 Å². The van der Waals surface area contributed by atoms with Gasteiger partial charge in [0.25, 0.3) is 0 Å². The minimum absolute atomic E-state index is 0.0756. The zero-order valence-corrected chi connectivity index (χ0v) is 12.9. The Labute approximate surface area is 126 Å². The van der Waals surface area contributed by atoms with Gasteiger partial charge in [0, 0.05) is 11.1 Å². The zero-order chi connectivity index (χ0) is 13.2. The first-order valence-corrected chi connectivity index (χ1v) is 7.81. The molecule has 2 aliphatic rings. The van der Waals surface area contributed by atoms with Gasteiger partial charge in [-0.05, 0) is 37.0 Å². The molecule has 2 aliphatic heterocycles. The predicted molar refractivity (Wildman–Crippen MR) is 77.3 cm³/mol. The summed E-state index contributed by atoms with van der Waals surface area (Å²) in [6, 6.07) is 3.92. The highest BCUT2D eigenvalue weighted by Gasteiger charge is 2.24. The van der Waals surface area contributed by atoms with Crippen molar-refractivity contribution in [2.75, 3.05) is 19.8 Å². The summed E-state index contributed by atoms with van der Waals surface area (Å²) in [5.74, 6) is 1.56. The smallest absolute Gasteiger partial charge is 0.162 e. The number of benzene rings is 1. The molecule has 104 valence electrons. The van der Waals surface area contributed by atoms with E-state index < -0.39 is 0 Å². The highest BCUT2D eigenvalue weighted by molar-refractivity contribution is 9.10. The molecule has 0 spiro atoms. The van der Waals surface area contributed by atoms with Crippen LogP contribution in [0.15, 0.2) is 16.6 Å². The molecule has 0 N–H and O–H groups in total. The summed E-state index contributed by atoms with van der Waals surface area (Å²) in [4.78, 5) is 0. The van der Waals surface area contributed by atoms with Crippen LogP contribution in [0.25, 0.3) is 0 Å². The minimum atomic E-state index is -0.0756. The predicted octanol–water partition coefficient (Wildman–Crippen LogP) is 4.07. The Bertz CT molecular complexity index is 460. The van der Waals surface area contributed by atoms with Gasteiger partial charge in [0.05, 0.1) is 11.5 Å². The van der Waals surface area contributed by atoms with E-state index in [-0.39, 0.29) is 11.5 Å². The van der Waals surface area contributed by atoms with Crippen molar-refractivity contribution in [2.45, 2.75) is 30.7 Å². The monoisotopic (exact) mass is 346 g/mol. The van der Waals surface area contributed by atoms with Crippen molar-refractivity contribution in [2.24, 2.45) is 0 Å². The summed E-state index contributed by atoms with van der Waals surface area (Å²) in [6.07, 6.45) is 3.35. The lowest BCUT2D eigenvalue weighted by Crippen LogP contribution is -2.16. The molecule has 1 aromatic rings. The highest BCUT2D eigenvalue weighted by atomic mass is 79.9. The van der Waals surface area contributed by atoms with Crippen molar-refractivity contribution in [1.29, 1.82) is 0 Å². The lowest BCUT2D eigenvalue weighted by molar-refractivity contribution is 0.103. The van der Waals surface area contributed by atoms with Gasteiger partial charge in [-0.2, -0.15) is 0 Å². The van der Waals surface area contributed by atoms with Crippen molar-refractivity contribution >= 4 is 27.5 Å². The number of alkyl halides is 1. The lowest BCUT2D eigenvalue weighted by atomic mass is 10.0. The number of hydrogen-bond donors (Lipinski definition) is 0. The maximum absolute atomic E-state index is 6.53. The van der Waals surface area contributed by atoms with E-state index in [1.807, 2.05) is 12.1 Å². The molecule has 1 fully saturated rings. The second kappa shape index (κ2) is 5.90. The van der Waals surface area contributed by atoms with Crippen molar-refractivity contribution < 1.29 is 14.2 Å². The summed E-state index contributed by atoms with van der Waals surface area (Å²) in [5, 5.41) is -0.0756. The van der Waals surface area contributed by atoms with E-state index in [9.17, 15) is 0 Å². The fourth-order valence-electron chi connectivity index (χ4n) is 2.51. The lowest BCUT2D eigenvalue weighted by Gasteiger charge is -2.22. The Hall–Kier alpha value is -0.450. The average Bonchev–Trinajstić information content (AvgIpc) is 2.90. The summed E-state index contributed by atoms with van der Waals surface area (Å²) >= 11 is 10.1. The van der Waals surface area contributed by atoms with Crippen molar-refractivity contribution in [3.63, 3.8) is 0 Å². The highest BCUT2D eigenvalue weighted by Crippen LogP contribution is 2.41. The van der Waals surface area contributed by atoms with E-state index in [1.54, 1.807) is 0 Å². The Kier molecular flexibility index (Phi) is 4.20. The molecule has 3 rings (SSSR count). The van der Waals surface area contributed by atoms with Crippen LogP contribution in [0.4, 0.5) is 0 Å². The van der Waals surface area contributed by atoms with Gasteiger partial charge in [0.1, 0.15) is 13.2 Å². The van der Waals surface area contributed by atoms with Crippen LogP contribution in [-0.2, 0) is 4.74 Å². The number of rotatable bonds is 3. The number of fused-ring (bicyclic) bond motifs is 1. The molecular weight excluding hydrogens is 332 g/mol. The molecule has 0 bridgehead atoms. The molecule has 0 aromatic heterocycles. The molecule has 19 heavy (non-hydrogen) atoms. The summed E-state index contributed by atoms with van der Waals surface area (Å²) < 4.78 is 17.8. The third-order valence-electron chi connectivity index (χ3n) is 3.49. The van der Waals surface area contributed by atoms with Crippen LogP contribution in [0, 0.1) is 0 Å². The topological polar surface area (TPSA) is 27.7 Å². The van der Waals surface area contributed by atoms with Crippen molar-refractivity contribution in [1.82, 2.24) is 0 Å². The third kappa shape index (κ3) is 3.01. The first-order chi connectivity index (χ1) is 9.24. The van der Waals surface area contributed by atoms with Crippen molar-refractivity contribution in [3.05, 3.63) is 22.2 Å². The molecule has 2 unspecified atom stereocenters. The van der Waals surface area contributed by atoms with Gasteiger partial charge in [-0.3, -0.25) is 0 Å². The summed E-state index contributed by atoms with van der Waals surface area (Å²) in [6.45, 7) is 2.04. The Morgan fingerprint density at radius 3 is 2.63 bits per heavy atom. The van der Waals surface area contributed by atoms with Crippen LogP contribution >= 0.6 is 27.5 Å². The Morgan fingerprint density at radius 2 is 1.95 bits per heavy atom. The van der Waals surface area contributed by atoms with Gasteiger partial charge >= 0.3 is 0 Å². The number of ether oxygens (including phenoxy) is 3. The fourth-order valence-corrected chi connectivity index (χ4v) is 3.62. The van der Waals surface area contributed by atoms with Crippen LogP contribution < -0.4 is 9.47 Å². The molecule has 0 saturated carbocycles. The van der Waals surface area contributed by atoms with Gasteiger partial charge in [-0.1, -0.05) is 15.9 Å². The van der Waals surface area contributed by atoms with Crippen LogP contribution in [-0.4, -0.2) is 25.9 Å². The molecule has 5 heteroatoms. The van der Waals surface area contributed by atoms with E-state index in [0.717, 1.165) is 47.4 Å². The maximum Gasteiger partial charge on any atom is 0.162 e. The quantitative estimate of drug-likeness (QED) is 0.772. The van der Waals surface area contributed by atoms with Crippen LogP contribution in [0.5, 0.6) is 11.5 Å². The van der Waals surface area contributed by atoms with E-state index in [4.69, 9.17) is 25.8 Å². The largest absolute Gasteiger partial charge is 0.486 e. The van der Waals surface area contributed by atoms with Gasteiger partial charge in [0.2, 0.25) is 0 Å². The SMILES string of the molecule is ClC(CC1CCCO1)c1cc2c(cc1Br)OCCO2. The molecule has 1 saturated heterocycles. The second-order valence-electron chi connectivity index (χ2n) is 4.86. The van der Waals surface area contributed by atoms with E-state index >= 15 is 0 Å². The van der Waals surface area contributed by atoms with Crippen LogP contribution in [0.1, 0.15) is 30.2 Å². The van der Waals surface area contributed by atoms with Crippen LogP contribution in [0.2, 0.25) is 0 Å². The molecule has 0 radical (unpaired) electrons. The fraction of sp³-hybridized carbons (Fsp3) is 0.571. The molecular formula is C14H16BrClO3. The van der Waals surface area contributed by atoms with Gasteiger partial charge < -0.3 is 14.2 Å².